The van der Waals surface area contributed by atoms with Gasteiger partial charge in [0.15, 0.2) is 0 Å². The highest BCUT2D eigenvalue weighted by Gasteiger charge is 2.25. The SMILES string of the molecule is Fc1cc(CBr)ccc1N1CCC(c2ccccc2)C1. The number of hydrogen-bond donors (Lipinski definition) is 0. The molecule has 0 N–H and O–H groups in total. The van der Waals surface area contributed by atoms with Gasteiger partial charge in [0.25, 0.3) is 0 Å². The number of rotatable bonds is 3. The van der Waals surface area contributed by atoms with Gasteiger partial charge in [-0.15, -0.1) is 0 Å². The van der Waals surface area contributed by atoms with Gasteiger partial charge >= 0.3 is 0 Å². The van der Waals surface area contributed by atoms with Gasteiger partial charge in [-0.25, -0.2) is 4.39 Å². The molecular formula is C17H17BrFN. The molecule has 0 saturated carbocycles. The Morgan fingerprint density at radius 1 is 1.15 bits per heavy atom. The average molecular weight is 334 g/mol. The van der Waals surface area contributed by atoms with Crippen LogP contribution in [0.2, 0.25) is 0 Å². The smallest absolute Gasteiger partial charge is 0.146 e. The van der Waals surface area contributed by atoms with Crippen LogP contribution < -0.4 is 4.90 Å². The Kier molecular flexibility index (Phi) is 4.06. The number of alkyl halides is 1. The van der Waals surface area contributed by atoms with Crippen LogP contribution in [-0.4, -0.2) is 13.1 Å². The van der Waals surface area contributed by atoms with Crippen molar-refractivity contribution in [3.05, 3.63) is 65.5 Å². The number of nitrogens with zero attached hydrogens (tertiary/aromatic N) is 1. The van der Waals surface area contributed by atoms with Crippen molar-refractivity contribution in [1.82, 2.24) is 0 Å². The van der Waals surface area contributed by atoms with E-state index >= 15 is 0 Å². The Labute approximate surface area is 127 Å². The van der Waals surface area contributed by atoms with E-state index in [-0.39, 0.29) is 5.82 Å². The number of hydrogen-bond acceptors (Lipinski definition) is 1. The monoisotopic (exact) mass is 333 g/mol. The minimum absolute atomic E-state index is 0.115. The van der Waals surface area contributed by atoms with Crippen LogP contribution in [0.4, 0.5) is 10.1 Å². The molecule has 0 spiro atoms. The third-order valence-corrected chi connectivity index (χ3v) is 4.61. The predicted octanol–water partition coefficient (Wildman–Crippen LogP) is 4.71. The Balaban J connectivity index is 1.77. The summed E-state index contributed by atoms with van der Waals surface area (Å²) >= 11 is 3.36. The molecule has 1 nitrogen and oxygen atoms in total. The molecule has 1 unspecified atom stereocenters. The zero-order valence-corrected chi connectivity index (χ0v) is 12.8. The summed E-state index contributed by atoms with van der Waals surface area (Å²) in [7, 11) is 0. The van der Waals surface area contributed by atoms with Crippen LogP contribution in [0.3, 0.4) is 0 Å². The van der Waals surface area contributed by atoms with E-state index in [2.05, 4.69) is 45.1 Å². The zero-order valence-electron chi connectivity index (χ0n) is 11.2. The fourth-order valence-electron chi connectivity index (χ4n) is 2.87. The maximum atomic E-state index is 14.2. The van der Waals surface area contributed by atoms with Crippen molar-refractivity contribution in [2.75, 3.05) is 18.0 Å². The van der Waals surface area contributed by atoms with Gasteiger partial charge in [0.1, 0.15) is 5.82 Å². The highest BCUT2D eigenvalue weighted by molar-refractivity contribution is 9.08. The molecule has 104 valence electrons. The fourth-order valence-corrected chi connectivity index (χ4v) is 3.22. The molecule has 3 rings (SSSR count). The van der Waals surface area contributed by atoms with E-state index in [1.807, 2.05) is 18.2 Å². The molecule has 0 aromatic heterocycles. The molecule has 1 heterocycles. The number of halogens is 2. The Morgan fingerprint density at radius 2 is 1.95 bits per heavy atom. The molecule has 1 atom stereocenters. The van der Waals surface area contributed by atoms with Crippen molar-refractivity contribution in [2.24, 2.45) is 0 Å². The quantitative estimate of drug-likeness (QED) is 0.735. The summed E-state index contributed by atoms with van der Waals surface area (Å²) in [6.45, 7) is 1.82. The first kappa shape index (κ1) is 13.6. The molecule has 2 aromatic rings. The second kappa shape index (κ2) is 5.96. The van der Waals surface area contributed by atoms with Gasteiger partial charge in [0.05, 0.1) is 5.69 Å². The third kappa shape index (κ3) is 2.73. The second-order valence-electron chi connectivity index (χ2n) is 5.26. The van der Waals surface area contributed by atoms with Gasteiger partial charge in [0, 0.05) is 24.3 Å². The standard InChI is InChI=1S/C17H17BrFN/c18-11-13-6-7-17(16(19)10-13)20-9-8-15(12-20)14-4-2-1-3-5-14/h1-7,10,15H,8-9,11-12H2. The van der Waals surface area contributed by atoms with Gasteiger partial charge in [0.2, 0.25) is 0 Å². The van der Waals surface area contributed by atoms with Crippen molar-refractivity contribution >= 4 is 21.6 Å². The molecular weight excluding hydrogens is 317 g/mol. The van der Waals surface area contributed by atoms with Crippen LogP contribution in [0.25, 0.3) is 0 Å². The average Bonchev–Trinajstić information content (AvgIpc) is 2.97. The predicted molar refractivity (Wildman–Crippen MR) is 85.0 cm³/mol. The van der Waals surface area contributed by atoms with Crippen LogP contribution in [0, 0.1) is 5.82 Å². The van der Waals surface area contributed by atoms with Crippen molar-refractivity contribution in [3.8, 4) is 0 Å². The molecule has 3 heteroatoms. The van der Waals surface area contributed by atoms with Gasteiger partial charge in [-0.1, -0.05) is 52.3 Å². The number of benzene rings is 2. The lowest BCUT2D eigenvalue weighted by molar-refractivity contribution is 0.621. The third-order valence-electron chi connectivity index (χ3n) is 3.97. The fraction of sp³-hybridized carbons (Fsp3) is 0.294. The van der Waals surface area contributed by atoms with E-state index < -0.39 is 0 Å². The molecule has 1 aliphatic heterocycles. The van der Waals surface area contributed by atoms with Crippen LogP contribution in [0.5, 0.6) is 0 Å². The van der Waals surface area contributed by atoms with Gasteiger partial charge in [-0.3, -0.25) is 0 Å². The lowest BCUT2D eigenvalue weighted by Crippen LogP contribution is -2.20. The molecule has 1 aliphatic rings. The summed E-state index contributed by atoms with van der Waals surface area (Å²) in [5.74, 6) is 0.391. The Morgan fingerprint density at radius 3 is 2.65 bits per heavy atom. The topological polar surface area (TPSA) is 3.24 Å². The maximum absolute atomic E-state index is 14.2. The molecule has 2 aromatic carbocycles. The molecule has 1 saturated heterocycles. The molecule has 20 heavy (non-hydrogen) atoms. The largest absolute Gasteiger partial charge is 0.369 e. The van der Waals surface area contributed by atoms with Crippen LogP contribution >= 0.6 is 15.9 Å². The minimum atomic E-state index is -0.115. The summed E-state index contributed by atoms with van der Waals surface area (Å²) in [5.41, 5.74) is 3.06. The summed E-state index contributed by atoms with van der Waals surface area (Å²) in [6.07, 6.45) is 1.09. The first-order chi connectivity index (χ1) is 9.78. The summed E-state index contributed by atoms with van der Waals surface area (Å²) in [5, 5.41) is 0.691. The first-order valence-corrected chi connectivity index (χ1v) is 8.04. The highest BCUT2D eigenvalue weighted by Crippen LogP contribution is 2.32. The van der Waals surface area contributed by atoms with Gasteiger partial charge < -0.3 is 4.90 Å². The Bertz CT molecular complexity index is 585. The highest BCUT2D eigenvalue weighted by atomic mass is 79.9. The maximum Gasteiger partial charge on any atom is 0.146 e. The van der Waals surface area contributed by atoms with Crippen molar-refractivity contribution < 1.29 is 4.39 Å². The summed E-state index contributed by atoms with van der Waals surface area (Å²) < 4.78 is 14.2. The van der Waals surface area contributed by atoms with E-state index in [4.69, 9.17) is 0 Å². The van der Waals surface area contributed by atoms with Crippen molar-refractivity contribution in [3.63, 3.8) is 0 Å². The van der Waals surface area contributed by atoms with Crippen LogP contribution in [-0.2, 0) is 5.33 Å². The van der Waals surface area contributed by atoms with Crippen LogP contribution in [0.1, 0.15) is 23.5 Å². The summed E-state index contributed by atoms with van der Waals surface area (Å²) in [6, 6.07) is 16.0. The van der Waals surface area contributed by atoms with Crippen molar-refractivity contribution in [2.45, 2.75) is 17.7 Å². The van der Waals surface area contributed by atoms with E-state index in [1.54, 1.807) is 6.07 Å². The minimum Gasteiger partial charge on any atom is -0.369 e. The normalized spacial score (nSPS) is 18.5. The second-order valence-corrected chi connectivity index (χ2v) is 5.82. The number of anilines is 1. The lowest BCUT2D eigenvalue weighted by Gasteiger charge is -2.20. The van der Waals surface area contributed by atoms with Crippen LogP contribution in [0.15, 0.2) is 48.5 Å². The molecule has 0 aliphatic carbocycles. The lowest BCUT2D eigenvalue weighted by atomic mass is 9.99. The molecule has 0 radical (unpaired) electrons. The van der Waals surface area contributed by atoms with E-state index in [0.717, 1.165) is 30.8 Å². The zero-order chi connectivity index (χ0) is 13.9. The van der Waals surface area contributed by atoms with E-state index in [9.17, 15) is 4.39 Å². The van der Waals surface area contributed by atoms with Gasteiger partial charge in [-0.05, 0) is 29.7 Å². The van der Waals surface area contributed by atoms with E-state index in [0.29, 0.717) is 11.2 Å². The Hall–Kier alpha value is -1.35. The molecule has 0 amide bonds. The van der Waals surface area contributed by atoms with Crippen molar-refractivity contribution in [1.29, 1.82) is 0 Å². The van der Waals surface area contributed by atoms with Gasteiger partial charge in [-0.2, -0.15) is 0 Å². The first-order valence-electron chi connectivity index (χ1n) is 6.92. The molecule has 1 fully saturated rings. The molecule has 0 bridgehead atoms. The summed E-state index contributed by atoms with van der Waals surface area (Å²) in [4.78, 5) is 2.16. The van der Waals surface area contributed by atoms with E-state index in [1.165, 1.54) is 5.56 Å².